The molecule has 0 spiro atoms. The van der Waals surface area contributed by atoms with E-state index in [1.54, 1.807) is 0 Å². The Morgan fingerprint density at radius 2 is 1.95 bits per heavy atom. The number of nitrogens with one attached hydrogen (secondary N) is 2. The highest BCUT2D eigenvalue weighted by atomic mass is 35.5. The predicted molar refractivity (Wildman–Crippen MR) is 71.7 cm³/mol. The third-order valence-electron chi connectivity index (χ3n) is 2.40. The van der Waals surface area contributed by atoms with Gasteiger partial charge in [-0.3, -0.25) is 9.59 Å². The minimum Gasteiger partial charge on any atom is -0.354 e. The third kappa shape index (κ3) is 4.87. The Morgan fingerprint density at radius 1 is 1.26 bits per heavy atom. The highest BCUT2D eigenvalue weighted by molar-refractivity contribution is 6.33. The van der Waals surface area contributed by atoms with Gasteiger partial charge in [-0.2, -0.15) is 0 Å². The van der Waals surface area contributed by atoms with E-state index in [2.05, 4.69) is 10.6 Å². The zero-order valence-electron chi connectivity index (χ0n) is 10.6. The Labute approximate surface area is 116 Å². The lowest BCUT2D eigenvalue weighted by Crippen LogP contribution is -2.35. The van der Waals surface area contributed by atoms with Crippen LogP contribution in [0.4, 0.5) is 4.39 Å². The van der Waals surface area contributed by atoms with Gasteiger partial charge in [-0.05, 0) is 18.6 Å². The zero-order chi connectivity index (χ0) is 14.3. The number of hydrogen-bond donors (Lipinski definition) is 2. The van der Waals surface area contributed by atoms with Gasteiger partial charge in [0.05, 0.1) is 10.6 Å². The van der Waals surface area contributed by atoms with Crippen LogP contribution in [-0.4, -0.2) is 24.9 Å². The second-order valence-electron chi connectivity index (χ2n) is 3.95. The van der Waals surface area contributed by atoms with E-state index in [1.807, 2.05) is 6.92 Å². The van der Waals surface area contributed by atoms with Gasteiger partial charge in [0, 0.05) is 19.5 Å². The number of carbonyl (C=O) groups is 2. The van der Waals surface area contributed by atoms with Crippen molar-refractivity contribution in [3.63, 3.8) is 0 Å². The molecular weight excluding hydrogens is 271 g/mol. The van der Waals surface area contributed by atoms with Crippen molar-refractivity contribution in [3.05, 3.63) is 34.6 Å². The van der Waals surface area contributed by atoms with E-state index >= 15 is 0 Å². The lowest BCUT2D eigenvalue weighted by Gasteiger charge is -2.08. The molecule has 0 heterocycles. The standard InChI is InChI=1S/C13H16ClFN2O2/c1-2-4-11(18)16-7-8-17-13(19)12-9(14)5-3-6-10(12)15/h3,5-6H,2,4,7-8H2,1H3,(H,16,18)(H,17,19). The van der Waals surface area contributed by atoms with E-state index in [1.165, 1.54) is 18.2 Å². The Morgan fingerprint density at radius 3 is 2.58 bits per heavy atom. The van der Waals surface area contributed by atoms with Crippen LogP contribution >= 0.6 is 11.6 Å². The lowest BCUT2D eigenvalue weighted by molar-refractivity contribution is -0.121. The van der Waals surface area contributed by atoms with Crippen LogP contribution in [0.5, 0.6) is 0 Å². The van der Waals surface area contributed by atoms with Crippen molar-refractivity contribution in [2.75, 3.05) is 13.1 Å². The summed E-state index contributed by atoms with van der Waals surface area (Å²) in [4.78, 5) is 22.9. The Balaban J connectivity index is 2.42. The Kier molecular flexibility index (Phi) is 6.29. The van der Waals surface area contributed by atoms with Gasteiger partial charge in [0.1, 0.15) is 5.82 Å². The average Bonchev–Trinajstić information content (AvgIpc) is 2.35. The molecule has 0 fully saturated rings. The fourth-order valence-corrected chi connectivity index (χ4v) is 1.75. The van der Waals surface area contributed by atoms with Crippen LogP contribution in [0.3, 0.4) is 0 Å². The van der Waals surface area contributed by atoms with Crippen molar-refractivity contribution in [2.45, 2.75) is 19.8 Å². The van der Waals surface area contributed by atoms with Crippen LogP contribution in [-0.2, 0) is 4.79 Å². The van der Waals surface area contributed by atoms with Crippen molar-refractivity contribution in [1.82, 2.24) is 10.6 Å². The second kappa shape index (κ2) is 7.74. The van der Waals surface area contributed by atoms with E-state index in [0.29, 0.717) is 13.0 Å². The minimum absolute atomic E-state index is 0.0625. The summed E-state index contributed by atoms with van der Waals surface area (Å²) in [5.74, 6) is -1.33. The number of carbonyl (C=O) groups excluding carboxylic acids is 2. The molecule has 1 aromatic carbocycles. The maximum Gasteiger partial charge on any atom is 0.255 e. The molecule has 1 aromatic rings. The first-order chi connectivity index (χ1) is 9.06. The predicted octanol–water partition coefficient (Wildman–Crippen LogP) is 2.13. The van der Waals surface area contributed by atoms with Crippen LogP contribution in [0.25, 0.3) is 0 Å². The SMILES string of the molecule is CCCC(=O)NCCNC(=O)c1c(F)cccc1Cl. The fourth-order valence-electron chi connectivity index (χ4n) is 1.50. The first-order valence-corrected chi connectivity index (χ1v) is 6.43. The normalized spacial score (nSPS) is 10.1. The summed E-state index contributed by atoms with van der Waals surface area (Å²) >= 11 is 5.76. The molecular formula is C13H16ClFN2O2. The zero-order valence-corrected chi connectivity index (χ0v) is 11.4. The third-order valence-corrected chi connectivity index (χ3v) is 2.71. The highest BCUT2D eigenvalue weighted by Crippen LogP contribution is 2.18. The quantitative estimate of drug-likeness (QED) is 0.787. The molecule has 0 radical (unpaired) electrons. The maximum absolute atomic E-state index is 13.4. The van der Waals surface area contributed by atoms with E-state index < -0.39 is 11.7 Å². The molecule has 0 bridgehead atoms. The lowest BCUT2D eigenvalue weighted by atomic mass is 10.2. The molecule has 2 N–H and O–H groups in total. The maximum atomic E-state index is 13.4. The van der Waals surface area contributed by atoms with Crippen LogP contribution in [0, 0.1) is 5.82 Å². The Hall–Kier alpha value is -1.62. The topological polar surface area (TPSA) is 58.2 Å². The van der Waals surface area contributed by atoms with Gasteiger partial charge in [-0.15, -0.1) is 0 Å². The van der Waals surface area contributed by atoms with Gasteiger partial charge < -0.3 is 10.6 Å². The molecule has 19 heavy (non-hydrogen) atoms. The summed E-state index contributed by atoms with van der Waals surface area (Å²) in [5, 5.41) is 5.20. The molecule has 1 rings (SSSR count). The monoisotopic (exact) mass is 286 g/mol. The average molecular weight is 287 g/mol. The molecule has 0 saturated carbocycles. The van der Waals surface area contributed by atoms with Gasteiger partial charge in [-0.25, -0.2) is 4.39 Å². The van der Waals surface area contributed by atoms with Crippen molar-refractivity contribution in [3.8, 4) is 0 Å². The van der Waals surface area contributed by atoms with Crippen LogP contribution < -0.4 is 10.6 Å². The molecule has 0 saturated heterocycles. The van der Waals surface area contributed by atoms with Gasteiger partial charge in [-0.1, -0.05) is 24.6 Å². The first-order valence-electron chi connectivity index (χ1n) is 6.05. The van der Waals surface area contributed by atoms with Crippen molar-refractivity contribution >= 4 is 23.4 Å². The number of hydrogen-bond acceptors (Lipinski definition) is 2. The minimum atomic E-state index is -0.667. The van der Waals surface area contributed by atoms with E-state index in [-0.39, 0.29) is 23.0 Å². The van der Waals surface area contributed by atoms with E-state index in [4.69, 9.17) is 11.6 Å². The largest absolute Gasteiger partial charge is 0.354 e. The van der Waals surface area contributed by atoms with Crippen molar-refractivity contribution in [2.24, 2.45) is 0 Å². The number of amides is 2. The molecule has 2 amide bonds. The molecule has 0 aliphatic carbocycles. The summed E-state index contributed by atoms with van der Waals surface area (Å²) in [6.45, 7) is 2.43. The van der Waals surface area contributed by atoms with Gasteiger partial charge in [0.15, 0.2) is 0 Å². The fraction of sp³-hybridized carbons (Fsp3) is 0.385. The summed E-state index contributed by atoms with van der Waals surface area (Å²) in [6, 6.07) is 4.05. The van der Waals surface area contributed by atoms with Crippen LogP contribution in [0.2, 0.25) is 5.02 Å². The van der Waals surface area contributed by atoms with Crippen molar-refractivity contribution < 1.29 is 14.0 Å². The Bertz CT molecular complexity index is 446. The molecule has 6 heteroatoms. The van der Waals surface area contributed by atoms with Crippen LogP contribution in [0.1, 0.15) is 30.1 Å². The molecule has 0 aliphatic heterocycles. The number of benzene rings is 1. The molecule has 0 atom stereocenters. The van der Waals surface area contributed by atoms with Gasteiger partial charge in [0.25, 0.3) is 5.91 Å². The smallest absolute Gasteiger partial charge is 0.255 e. The van der Waals surface area contributed by atoms with Gasteiger partial charge >= 0.3 is 0 Å². The molecule has 104 valence electrons. The molecule has 0 aliphatic rings. The molecule has 0 aromatic heterocycles. The van der Waals surface area contributed by atoms with E-state index in [9.17, 15) is 14.0 Å². The molecule has 4 nitrogen and oxygen atoms in total. The molecule has 0 unspecified atom stereocenters. The summed E-state index contributed by atoms with van der Waals surface area (Å²) < 4.78 is 13.4. The summed E-state index contributed by atoms with van der Waals surface area (Å²) in [7, 11) is 0. The second-order valence-corrected chi connectivity index (χ2v) is 4.36. The summed E-state index contributed by atoms with van der Waals surface area (Å²) in [5.41, 5.74) is -0.177. The van der Waals surface area contributed by atoms with Crippen LogP contribution in [0.15, 0.2) is 18.2 Å². The number of rotatable bonds is 6. The van der Waals surface area contributed by atoms with Gasteiger partial charge in [0.2, 0.25) is 5.91 Å². The summed E-state index contributed by atoms with van der Waals surface area (Å²) in [6.07, 6.45) is 1.22. The first kappa shape index (κ1) is 15.4. The highest BCUT2D eigenvalue weighted by Gasteiger charge is 2.14. The van der Waals surface area contributed by atoms with E-state index in [0.717, 1.165) is 6.42 Å². The number of halogens is 2. The van der Waals surface area contributed by atoms with Crippen molar-refractivity contribution in [1.29, 1.82) is 0 Å².